The summed E-state index contributed by atoms with van der Waals surface area (Å²) in [4.78, 5) is 0. The van der Waals surface area contributed by atoms with Gasteiger partial charge in [0.25, 0.3) is 0 Å². The van der Waals surface area contributed by atoms with Crippen LogP contribution in [0.25, 0.3) is 11.0 Å². The molecule has 3 heteroatoms. The summed E-state index contributed by atoms with van der Waals surface area (Å²) >= 11 is 0. The number of ether oxygens (including phenoxy) is 1. The van der Waals surface area contributed by atoms with E-state index in [1.54, 1.807) is 0 Å². The van der Waals surface area contributed by atoms with Gasteiger partial charge in [0.05, 0.1) is 6.10 Å². The molecule has 3 nitrogen and oxygen atoms in total. The van der Waals surface area contributed by atoms with E-state index in [9.17, 15) is 0 Å². The number of hydrogen-bond acceptors (Lipinski definition) is 1. The Labute approximate surface area is 194 Å². The normalized spacial score (nSPS) is 21.6. The number of imidazole rings is 1. The molecule has 2 aromatic carbocycles. The minimum Gasteiger partial charge on any atom is -0.338 e. The first kappa shape index (κ1) is 23.0. The van der Waals surface area contributed by atoms with Gasteiger partial charge in [0.2, 0.25) is 6.33 Å². The van der Waals surface area contributed by atoms with Crippen LogP contribution in [-0.4, -0.2) is 10.7 Å². The lowest BCUT2D eigenvalue weighted by molar-refractivity contribution is -0.663. The summed E-state index contributed by atoms with van der Waals surface area (Å²) in [5, 5.41) is 0. The van der Waals surface area contributed by atoms with Crippen LogP contribution in [0.3, 0.4) is 0 Å². The Balaban J connectivity index is 1.60. The number of para-hydroxylation sites is 2. The number of benzene rings is 2. The van der Waals surface area contributed by atoms with Crippen molar-refractivity contribution in [2.24, 2.45) is 17.8 Å². The predicted molar refractivity (Wildman–Crippen MR) is 133 cm³/mol. The Morgan fingerprint density at radius 3 is 2.41 bits per heavy atom. The van der Waals surface area contributed by atoms with Crippen molar-refractivity contribution in [1.82, 2.24) is 4.57 Å². The molecule has 0 radical (unpaired) electrons. The second-order valence-electron chi connectivity index (χ2n) is 10.6. The van der Waals surface area contributed by atoms with Crippen LogP contribution in [0.4, 0.5) is 0 Å². The summed E-state index contributed by atoms with van der Waals surface area (Å²) < 4.78 is 11.3. The van der Waals surface area contributed by atoms with Crippen LogP contribution in [0.2, 0.25) is 0 Å². The molecule has 0 amide bonds. The zero-order valence-electron chi connectivity index (χ0n) is 21.1. The van der Waals surface area contributed by atoms with Crippen molar-refractivity contribution in [3.8, 4) is 0 Å². The zero-order chi connectivity index (χ0) is 23.0. The maximum atomic E-state index is 6.57. The molecule has 4 rings (SSSR count). The minimum atomic E-state index is 0.356. The van der Waals surface area contributed by atoms with Gasteiger partial charge in [-0.2, -0.15) is 0 Å². The van der Waals surface area contributed by atoms with Crippen LogP contribution in [0.5, 0.6) is 0 Å². The van der Waals surface area contributed by atoms with Crippen molar-refractivity contribution in [1.29, 1.82) is 0 Å². The van der Waals surface area contributed by atoms with E-state index >= 15 is 0 Å². The van der Waals surface area contributed by atoms with Crippen molar-refractivity contribution in [3.63, 3.8) is 0 Å². The molecular weight excluding hydrogens is 392 g/mol. The molecule has 1 aliphatic carbocycles. The Kier molecular flexibility index (Phi) is 6.76. The maximum Gasteiger partial charge on any atom is 0.246 e. The Bertz CT molecular complexity index is 1070. The number of nitrogens with zero attached hydrogens (tertiary/aromatic N) is 2. The van der Waals surface area contributed by atoms with Crippen LogP contribution >= 0.6 is 0 Å². The van der Waals surface area contributed by atoms with E-state index in [0.29, 0.717) is 18.8 Å². The summed E-state index contributed by atoms with van der Waals surface area (Å²) in [7, 11) is 0. The lowest BCUT2D eigenvalue weighted by Crippen LogP contribution is -2.34. The number of fused-ring (bicyclic) bond motifs is 1. The summed E-state index contributed by atoms with van der Waals surface area (Å²) in [6, 6.07) is 11.0. The second-order valence-corrected chi connectivity index (χ2v) is 10.6. The van der Waals surface area contributed by atoms with Gasteiger partial charge in [-0.1, -0.05) is 39.0 Å². The summed E-state index contributed by atoms with van der Waals surface area (Å²) in [6.07, 6.45) is 6.44. The molecule has 1 aliphatic rings. The van der Waals surface area contributed by atoms with Gasteiger partial charge in [-0.3, -0.25) is 0 Å². The molecule has 1 fully saturated rings. The van der Waals surface area contributed by atoms with Crippen LogP contribution in [0.15, 0.2) is 36.7 Å². The van der Waals surface area contributed by atoms with E-state index in [0.717, 1.165) is 18.4 Å². The first-order valence-corrected chi connectivity index (χ1v) is 12.4. The fraction of sp³-hybridized carbons (Fsp3) is 0.552. The molecule has 3 aromatic rings. The minimum absolute atomic E-state index is 0.356. The molecule has 0 unspecified atom stereocenters. The van der Waals surface area contributed by atoms with Crippen LogP contribution in [0.1, 0.15) is 67.9 Å². The van der Waals surface area contributed by atoms with E-state index in [4.69, 9.17) is 4.74 Å². The quantitative estimate of drug-likeness (QED) is 0.398. The molecule has 0 aliphatic heterocycles. The van der Waals surface area contributed by atoms with Crippen molar-refractivity contribution in [2.45, 2.75) is 87.1 Å². The molecule has 1 heterocycles. The van der Waals surface area contributed by atoms with Crippen molar-refractivity contribution in [2.75, 3.05) is 0 Å². The van der Waals surface area contributed by atoms with Crippen molar-refractivity contribution >= 4 is 11.0 Å². The average molecular weight is 434 g/mol. The fourth-order valence-electron chi connectivity index (χ4n) is 5.50. The largest absolute Gasteiger partial charge is 0.338 e. The standard InChI is InChI=1S/C29H41N2O/c1-19(2)25-13-12-20(3)29(15-25)32-18-31-17-30(27-10-8-9-11-28(27)31)16-26-23(6)21(4)14-22(5)24(26)7/h8-11,14,17,19-20,25,29H,12-13,15-16,18H2,1-7H3/q+1/t20-,25+,29-/m0/s1. The monoisotopic (exact) mass is 433 g/mol. The third-order valence-corrected chi connectivity index (χ3v) is 8.16. The lowest BCUT2D eigenvalue weighted by Gasteiger charge is -2.35. The van der Waals surface area contributed by atoms with E-state index < -0.39 is 0 Å². The summed E-state index contributed by atoms with van der Waals surface area (Å²) in [6.45, 7) is 17.6. The highest BCUT2D eigenvalue weighted by molar-refractivity contribution is 5.71. The summed E-state index contributed by atoms with van der Waals surface area (Å²) in [5.41, 5.74) is 9.52. The van der Waals surface area contributed by atoms with Gasteiger partial charge < -0.3 is 4.74 Å². The smallest absolute Gasteiger partial charge is 0.246 e. The first-order valence-electron chi connectivity index (χ1n) is 12.4. The fourth-order valence-corrected chi connectivity index (χ4v) is 5.50. The molecule has 0 N–H and O–H groups in total. The zero-order valence-corrected chi connectivity index (χ0v) is 21.1. The van der Waals surface area contributed by atoms with Crippen molar-refractivity contribution < 1.29 is 9.30 Å². The lowest BCUT2D eigenvalue weighted by atomic mass is 9.76. The van der Waals surface area contributed by atoms with Gasteiger partial charge in [0.1, 0.15) is 6.54 Å². The first-order chi connectivity index (χ1) is 15.3. The molecule has 0 spiro atoms. The highest BCUT2D eigenvalue weighted by atomic mass is 16.5. The molecular formula is C29H41N2O+. The molecule has 3 atom stereocenters. The van der Waals surface area contributed by atoms with E-state index in [1.165, 1.54) is 58.1 Å². The van der Waals surface area contributed by atoms with E-state index in [-0.39, 0.29) is 0 Å². The van der Waals surface area contributed by atoms with Crippen LogP contribution < -0.4 is 4.57 Å². The van der Waals surface area contributed by atoms with Gasteiger partial charge in [-0.25, -0.2) is 9.13 Å². The predicted octanol–water partition coefficient (Wildman–Crippen LogP) is 6.65. The molecule has 32 heavy (non-hydrogen) atoms. The Hall–Kier alpha value is -2.13. The van der Waals surface area contributed by atoms with Gasteiger partial charge in [-0.15, -0.1) is 0 Å². The Morgan fingerprint density at radius 1 is 1.03 bits per heavy atom. The number of aromatic nitrogens is 2. The maximum absolute atomic E-state index is 6.57. The van der Waals surface area contributed by atoms with E-state index in [1.807, 2.05) is 0 Å². The molecule has 172 valence electrons. The topological polar surface area (TPSA) is 18.0 Å². The number of rotatable bonds is 6. The third kappa shape index (κ3) is 4.50. The van der Waals surface area contributed by atoms with Gasteiger partial charge in [0.15, 0.2) is 17.8 Å². The highest BCUT2D eigenvalue weighted by Crippen LogP contribution is 2.35. The second kappa shape index (κ2) is 9.39. The molecule has 0 bridgehead atoms. The van der Waals surface area contributed by atoms with Crippen LogP contribution in [-0.2, 0) is 18.0 Å². The van der Waals surface area contributed by atoms with Gasteiger partial charge >= 0.3 is 0 Å². The van der Waals surface area contributed by atoms with Gasteiger partial charge in [0, 0.05) is 0 Å². The molecule has 0 saturated heterocycles. The summed E-state index contributed by atoms with van der Waals surface area (Å²) in [5.74, 6) is 2.17. The van der Waals surface area contributed by atoms with E-state index in [2.05, 4.69) is 94.3 Å². The number of hydrogen-bond donors (Lipinski definition) is 0. The Morgan fingerprint density at radius 2 is 1.72 bits per heavy atom. The van der Waals surface area contributed by atoms with Gasteiger partial charge in [-0.05, 0) is 105 Å². The third-order valence-electron chi connectivity index (χ3n) is 8.16. The SMILES string of the molecule is Cc1cc(C)c(C)c(C[n+]2cn(CO[C@H]3C[C@H](C(C)C)CC[C@@H]3C)c3ccccc32)c1C. The molecule has 1 aromatic heterocycles. The average Bonchev–Trinajstić information content (AvgIpc) is 3.12. The number of aryl methyl sites for hydroxylation is 2. The highest BCUT2D eigenvalue weighted by Gasteiger charge is 2.30. The van der Waals surface area contributed by atoms with Crippen LogP contribution in [0, 0.1) is 45.4 Å². The van der Waals surface area contributed by atoms with Crippen molar-refractivity contribution in [3.05, 3.63) is 64.5 Å². The molecule has 1 saturated carbocycles.